The molecule has 0 amide bonds. The van der Waals surface area contributed by atoms with Gasteiger partial charge in [0.25, 0.3) is 16.6 Å². The van der Waals surface area contributed by atoms with Crippen molar-refractivity contribution in [2.45, 2.75) is 37.5 Å². The maximum atomic E-state index is 14.3. The molecule has 23 heavy (non-hydrogen) atoms. The van der Waals surface area contributed by atoms with Gasteiger partial charge in [-0.3, -0.25) is 0 Å². The van der Waals surface area contributed by atoms with Gasteiger partial charge in [-0.05, 0) is 19.0 Å². The van der Waals surface area contributed by atoms with E-state index < -0.39 is 51.4 Å². The molecule has 2 heterocycles. The lowest BCUT2D eigenvalue weighted by molar-refractivity contribution is -0.0562. The molecule has 2 atom stereocenters. The van der Waals surface area contributed by atoms with Gasteiger partial charge in [-0.1, -0.05) is 0 Å². The Morgan fingerprint density at radius 1 is 1.39 bits per heavy atom. The molecule has 13 heteroatoms. The second-order valence-corrected chi connectivity index (χ2v) is 6.46. The molecule has 130 valence electrons. The van der Waals surface area contributed by atoms with Gasteiger partial charge in [0.2, 0.25) is 6.17 Å². The summed E-state index contributed by atoms with van der Waals surface area (Å²) in [5.41, 5.74) is -3.00. The summed E-state index contributed by atoms with van der Waals surface area (Å²) in [5.74, 6) is -1.21. The predicted molar refractivity (Wildman–Crippen MR) is 67.2 cm³/mol. The molecular weight excluding hydrogens is 351 g/mol. The van der Waals surface area contributed by atoms with Gasteiger partial charge >= 0.3 is 11.9 Å². The number of aromatic nitrogens is 3. The Morgan fingerprint density at radius 2 is 2.00 bits per heavy atom. The van der Waals surface area contributed by atoms with Gasteiger partial charge in [0.1, 0.15) is 0 Å². The second kappa shape index (κ2) is 5.78. The number of halogens is 5. The zero-order valence-corrected chi connectivity index (χ0v) is 12.8. The van der Waals surface area contributed by atoms with Crippen molar-refractivity contribution in [1.29, 1.82) is 0 Å². The normalized spacial score (nSPS) is 22.0. The first-order chi connectivity index (χ1) is 10.5. The number of aryl methyl sites for hydroxylation is 1. The minimum Gasteiger partial charge on any atom is -0.605 e. The van der Waals surface area contributed by atoms with Crippen molar-refractivity contribution in [1.82, 2.24) is 15.0 Å². The van der Waals surface area contributed by atoms with E-state index in [-0.39, 0.29) is 0 Å². The standard InChI is InChI=1S/C10H11F5N4O3S/c1-9(2)4(11)7(18-22-9)23(20)10(14,15)5-6(21-8(12)13)17-19(3)16-5/h4,8H,1-3H3. The van der Waals surface area contributed by atoms with Crippen LogP contribution in [0.1, 0.15) is 19.5 Å². The van der Waals surface area contributed by atoms with Crippen LogP contribution in [0.2, 0.25) is 0 Å². The molecule has 0 N–H and O–H groups in total. The van der Waals surface area contributed by atoms with Crippen LogP contribution in [0.5, 0.6) is 5.88 Å². The molecule has 0 radical (unpaired) electrons. The smallest absolute Gasteiger partial charge is 0.465 e. The topological polar surface area (TPSA) is 84.6 Å². The third-order valence-corrected chi connectivity index (χ3v) is 4.10. The summed E-state index contributed by atoms with van der Waals surface area (Å²) in [5, 5.41) is 4.02. The van der Waals surface area contributed by atoms with Gasteiger partial charge in [-0.25, -0.2) is 4.39 Å². The number of rotatable bonds is 4. The fraction of sp³-hybridized carbons (Fsp3) is 0.700. The Bertz CT molecular complexity index is 624. The van der Waals surface area contributed by atoms with Crippen LogP contribution in [0.15, 0.2) is 5.16 Å². The van der Waals surface area contributed by atoms with Gasteiger partial charge in [0.05, 0.1) is 11.2 Å². The number of hydrogen-bond donors (Lipinski definition) is 0. The maximum Gasteiger partial charge on any atom is 0.465 e. The molecular formula is C10H11F5N4O3S. The summed E-state index contributed by atoms with van der Waals surface area (Å²) >= 11 is -3.37. The van der Waals surface area contributed by atoms with E-state index in [9.17, 15) is 26.5 Å². The van der Waals surface area contributed by atoms with Crippen LogP contribution in [0.4, 0.5) is 22.0 Å². The van der Waals surface area contributed by atoms with Crippen molar-refractivity contribution in [3.63, 3.8) is 0 Å². The highest BCUT2D eigenvalue weighted by molar-refractivity contribution is 8.07. The quantitative estimate of drug-likeness (QED) is 0.601. The minimum atomic E-state index is -4.37. The molecule has 2 unspecified atom stereocenters. The Hall–Kier alpha value is -1.63. The third-order valence-electron chi connectivity index (χ3n) is 2.78. The van der Waals surface area contributed by atoms with Crippen molar-refractivity contribution in [2.24, 2.45) is 12.2 Å². The molecule has 0 saturated carbocycles. The fourth-order valence-corrected chi connectivity index (χ4v) is 2.78. The van der Waals surface area contributed by atoms with Crippen molar-refractivity contribution >= 4 is 16.2 Å². The van der Waals surface area contributed by atoms with Gasteiger partial charge in [0, 0.05) is 7.05 Å². The SMILES string of the molecule is Cn1nc(OC(F)F)c(C(F)(F)[S+]([O-])C2=NOC(C)(C)C2F)n1. The zero-order valence-electron chi connectivity index (χ0n) is 12.0. The lowest BCUT2D eigenvalue weighted by Gasteiger charge is -2.21. The van der Waals surface area contributed by atoms with E-state index >= 15 is 0 Å². The molecule has 0 saturated heterocycles. The van der Waals surface area contributed by atoms with E-state index in [1.807, 2.05) is 0 Å². The molecule has 1 aromatic rings. The van der Waals surface area contributed by atoms with Crippen molar-refractivity contribution in [2.75, 3.05) is 0 Å². The van der Waals surface area contributed by atoms with Gasteiger partial charge < -0.3 is 14.1 Å². The van der Waals surface area contributed by atoms with Crippen LogP contribution in [0, 0.1) is 0 Å². The Morgan fingerprint density at radius 3 is 2.48 bits per heavy atom. The first kappa shape index (κ1) is 17.7. The van der Waals surface area contributed by atoms with Crippen molar-refractivity contribution in [3.8, 4) is 5.88 Å². The van der Waals surface area contributed by atoms with E-state index in [1.165, 1.54) is 13.8 Å². The molecule has 1 aromatic heterocycles. The number of hydrogen-bond acceptors (Lipinski definition) is 6. The summed E-state index contributed by atoms with van der Waals surface area (Å²) < 4.78 is 82.9. The maximum absolute atomic E-state index is 14.3. The van der Waals surface area contributed by atoms with E-state index in [0.29, 0.717) is 4.80 Å². The molecule has 2 rings (SSSR count). The number of ether oxygens (including phenoxy) is 1. The van der Waals surface area contributed by atoms with Crippen molar-refractivity contribution < 1.29 is 36.1 Å². The second-order valence-electron chi connectivity index (χ2n) is 4.99. The Labute approximate surface area is 129 Å². The summed E-state index contributed by atoms with van der Waals surface area (Å²) in [6, 6.07) is 0. The predicted octanol–water partition coefficient (Wildman–Crippen LogP) is 1.67. The van der Waals surface area contributed by atoms with Gasteiger partial charge in [0.15, 0.2) is 5.60 Å². The first-order valence-electron chi connectivity index (χ1n) is 6.03. The highest BCUT2D eigenvalue weighted by Crippen LogP contribution is 2.42. The van der Waals surface area contributed by atoms with Crippen LogP contribution >= 0.6 is 0 Å². The monoisotopic (exact) mass is 362 g/mol. The van der Waals surface area contributed by atoms with E-state index in [2.05, 4.69) is 24.9 Å². The Kier molecular flexibility index (Phi) is 4.45. The summed E-state index contributed by atoms with van der Waals surface area (Å²) in [4.78, 5) is 5.14. The van der Waals surface area contributed by atoms with Crippen LogP contribution in [-0.2, 0) is 28.3 Å². The molecule has 0 aromatic carbocycles. The summed E-state index contributed by atoms with van der Waals surface area (Å²) in [6.45, 7) is -1.01. The summed E-state index contributed by atoms with van der Waals surface area (Å²) in [7, 11) is 1.07. The average molecular weight is 362 g/mol. The van der Waals surface area contributed by atoms with Crippen LogP contribution in [0.3, 0.4) is 0 Å². The largest absolute Gasteiger partial charge is 0.605 e. The average Bonchev–Trinajstić information content (AvgIpc) is 2.90. The number of oxime groups is 1. The zero-order chi connectivity index (χ0) is 17.6. The number of nitrogens with zero attached hydrogens (tertiary/aromatic N) is 4. The molecule has 0 spiro atoms. The molecule has 0 aliphatic carbocycles. The van der Waals surface area contributed by atoms with Crippen LogP contribution in [0.25, 0.3) is 0 Å². The van der Waals surface area contributed by atoms with Gasteiger partial charge in [-0.2, -0.15) is 13.6 Å². The molecule has 1 aliphatic rings. The molecule has 1 aliphatic heterocycles. The van der Waals surface area contributed by atoms with Gasteiger partial charge in [-0.15, -0.1) is 19.0 Å². The highest BCUT2D eigenvalue weighted by atomic mass is 32.2. The lowest BCUT2D eigenvalue weighted by Crippen LogP contribution is -2.42. The third kappa shape index (κ3) is 3.20. The van der Waals surface area contributed by atoms with Crippen molar-refractivity contribution in [3.05, 3.63) is 5.69 Å². The number of alkyl halides is 5. The molecule has 7 nitrogen and oxygen atoms in total. The summed E-state index contributed by atoms with van der Waals surface area (Å²) in [6.07, 6.45) is -2.18. The van der Waals surface area contributed by atoms with Crippen LogP contribution in [-0.4, -0.2) is 43.0 Å². The van der Waals surface area contributed by atoms with E-state index in [4.69, 9.17) is 0 Å². The fourth-order valence-electron chi connectivity index (χ4n) is 1.63. The Balaban J connectivity index is 2.35. The van der Waals surface area contributed by atoms with E-state index in [0.717, 1.165) is 7.05 Å². The minimum absolute atomic E-state index is 0.530. The highest BCUT2D eigenvalue weighted by Gasteiger charge is 2.60. The molecule has 0 fully saturated rings. The first-order valence-corrected chi connectivity index (χ1v) is 7.18. The molecule has 0 bridgehead atoms. The lowest BCUT2D eigenvalue weighted by atomic mass is 10.1. The van der Waals surface area contributed by atoms with Crippen LogP contribution < -0.4 is 4.74 Å². The van der Waals surface area contributed by atoms with E-state index in [1.54, 1.807) is 0 Å².